The second-order valence-corrected chi connectivity index (χ2v) is 9.35. The fraction of sp³-hybridized carbons (Fsp3) is 0.300. The number of hydrogen-bond donors (Lipinski definition) is 0. The minimum Gasteiger partial charge on any atom is -0.339 e. The van der Waals surface area contributed by atoms with Gasteiger partial charge in [0.05, 0.1) is 10.8 Å². The van der Waals surface area contributed by atoms with Gasteiger partial charge in [0.1, 0.15) is 0 Å². The van der Waals surface area contributed by atoms with Crippen molar-refractivity contribution in [1.29, 1.82) is 0 Å². The second kappa shape index (κ2) is 7.66. The average molecular weight is 418 g/mol. The fourth-order valence-corrected chi connectivity index (χ4v) is 4.99. The molecule has 8 heteroatoms. The molecule has 2 heterocycles. The molecule has 0 spiro atoms. The summed E-state index contributed by atoms with van der Waals surface area (Å²) in [4.78, 5) is 4.76. The predicted octanol–water partition coefficient (Wildman–Crippen LogP) is 4.27. The Morgan fingerprint density at radius 3 is 2.54 bits per heavy atom. The van der Waals surface area contributed by atoms with Crippen LogP contribution in [0.3, 0.4) is 0 Å². The van der Waals surface area contributed by atoms with E-state index < -0.39 is 10.0 Å². The Morgan fingerprint density at radius 1 is 1.11 bits per heavy atom. The monoisotopic (exact) mass is 417 g/mol. The molecule has 1 atom stereocenters. The molecule has 2 aromatic carbocycles. The lowest BCUT2D eigenvalue weighted by molar-refractivity contribution is 0.265. The van der Waals surface area contributed by atoms with E-state index in [0.29, 0.717) is 29.8 Å². The first-order valence-corrected chi connectivity index (χ1v) is 10.9. The van der Waals surface area contributed by atoms with E-state index in [-0.39, 0.29) is 10.8 Å². The molecular weight excluding hydrogens is 398 g/mol. The number of piperidine rings is 1. The Balaban J connectivity index is 1.54. The smallest absolute Gasteiger partial charge is 0.243 e. The maximum absolute atomic E-state index is 13.0. The third-order valence-electron chi connectivity index (χ3n) is 4.94. The van der Waals surface area contributed by atoms with Crippen molar-refractivity contribution in [3.8, 4) is 11.4 Å². The van der Waals surface area contributed by atoms with Crippen LogP contribution in [0.2, 0.25) is 5.02 Å². The number of sulfonamides is 1. The van der Waals surface area contributed by atoms with Crippen LogP contribution in [-0.4, -0.2) is 36.0 Å². The van der Waals surface area contributed by atoms with Gasteiger partial charge < -0.3 is 4.52 Å². The average Bonchev–Trinajstić information content (AvgIpc) is 3.19. The number of benzene rings is 2. The topological polar surface area (TPSA) is 76.3 Å². The highest BCUT2D eigenvalue weighted by Gasteiger charge is 2.33. The quantitative estimate of drug-likeness (QED) is 0.633. The predicted molar refractivity (Wildman–Crippen MR) is 107 cm³/mol. The number of halogens is 1. The number of rotatable bonds is 4. The molecule has 0 N–H and O–H groups in total. The van der Waals surface area contributed by atoms with E-state index in [2.05, 4.69) is 10.1 Å². The SMILES string of the molecule is Cc1ccc(-c2noc(C3CCCN(S(=O)(=O)c4ccc(Cl)cc4)C3)n2)cc1. The van der Waals surface area contributed by atoms with Crippen LogP contribution in [0.4, 0.5) is 0 Å². The highest BCUT2D eigenvalue weighted by atomic mass is 35.5. The molecule has 1 fully saturated rings. The molecule has 0 saturated carbocycles. The first-order valence-electron chi connectivity index (χ1n) is 9.10. The van der Waals surface area contributed by atoms with Gasteiger partial charge in [-0.3, -0.25) is 0 Å². The van der Waals surface area contributed by atoms with Gasteiger partial charge in [0.25, 0.3) is 0 Å². The van der Waals surface area contributed by atoms with Crippen molar-refractivity contribution >= 4 is 21.6 Å². The van der Waals surface area contributed by atoms with Gasteiger partial charge >= 0.3 is 0 Å². The minimum atomic E-state index is -3.58. The normalized spacial score (nSPS) is 18.3. The lowest BCUT2D eigenvalue weighted by Gasteiger charge is -2.30. The number of aromatic nitrogens is 2. The highest BCUT2D eigenvalue weighted by molar-refractivity contribution is 7.89. The van der Waals surface area contributed by atoms with E-state index >= 15 is 0 Å². The van der Waals surface area contributed by atoms with Crippen molar-refractivity contribution < 1.29 is 12.9 Å². The molecule has 1 aliphatic heterocycles. The Kier molecular flexibility index (Phi) is 5.23. The molecule has 146 valence electrons. The van der Waals surface area contributed by atoms with Crippen molar-refractivity contribution in [2.24, 2.45) is 0 Å². The molecular formula is C20H20ClN3O3S. The molecule has 0 bridgehead atoms. The van der Waals surface area contributed by atoms with Crippen molar-refractivity contribution in [1.82, 2.24) is 14.4 Å². The third kappa shape index (κ3) is 3.83. The summed E-state index contributed by atoms with van der Waals surface area (Å²) < 4.78 is 32.9. The lowest BCUT2D eigenvalue weighted by atomic mass is 10.00. The molecule has 0 amide bonds. The molecule has 1 aromatic heterocycles. The Bertz CT molecular complexity index is 1060. The molecule has 1 saturated heterocycles. The largest absolute Gasteiger partial charge is 0.339 e. The number of aryl methyl sites for hydroxylation is 1. The van der Waals surface area contributed by atoms with E-state index in [4.69, 9.17) is 16.1 Å². The van der Waals surface area contributed by atoms with Gasteiger partial charge in [0.15, 0.2) is 0 Å². The Hall–Kier alpha value is -2.22. The Labute approximate surface area is 169 Å². The van der Waals surface area contributed by atoms with Crippen molar-refractivity contribution in [3.05, 3.63) is 65.0 Å². The van der Waals surface area contributed by atoms with Crippen LogP contribution in [0.15, 0.2) is 57.9 Å². The van der Waals surface area contributed by atoms with Gasteiger partial charge in [-0.2, -0.15) is 9.29 Å². The van der Waals surface area contributed by atoms with Gasteiger partial charge in [-0.05, 0) is 44.0 Å². The van der Waals surface area contributed by atoms with Gasteiger partial charge in [-0.15, -0.1) is 0 Å². The summed E-state index contributed by atoms with van der Waals surface area (Å²) in [5.74, 6) is 0.877. The summed E-state index contributed by atoms with van der Waals surface area (Å²) in [5.41, 5.74) is 2.03. The number of hydrogen-bond acceptors (Lipinski definition) is 5. The van der Waals surface area contributed by atoms with E-state index in [1.807, 2.05) is 31.2 Å². The molecule has 28 heavy (non-hydrogen) atoms. The second-order valence-electron chi connectivity index (χ2n) is 6.98. The van der Waals surface area contributed by atoms with Crippen molar-refractivity contribution in [3.63, 3.8) is 0 Å². The number of nitrogens with zero attached hydrogens (tertiary/aromatic N) is 3. The maximum Gasteiger partial charge on any atom is 0.243 e. The van der Waals surface area contributed by atoms with Crippen LogP contribution in [-0.2, 0) is 10.0 Å². The van der Waals surface area contributed by atoms with Crippen LogP contribution in [0.1, 0.15) is 30.2 Å². The van der Waals surface area contributed by atoms with E-state index in [1.165, 1.54) is 16.4 Å². The summed E-state index contributed by atoms with van der Waals surface area (Å²) >= 11 is 5.88. The molecule has 4 rings (SSSR count). The van der Waals surface area contributed by atoms with Gasteiger partial charge in [0.2, 0.25) is 21.7 Å². The molecule has 1 unspecified atom stereocenters. The van der Waals surface area contributed by atoms with Gasteiger partial charge in [-0.25, -0.2) is 8.42 Å². The van der Waals surface area contributed by atoms with Gasteiger partial charge in [-0.1, -0.05) is 46.6 Å². The summed E-state index contributed by atoms with van der Waals surface area (Å²) in [6.45, 7) is 2.81. The van der Waals surface area contributed by atoms with Crippen LogP contribution in [0, 0.1) is 6.92 Å². The lowest BCUT2D eigenvalue weighted by Crippen LogP contribution is -2.39. The van der Waals surface area contributed by atoms with Crippen LogP contribution in [0.5, 0.6) is 0 Å². The summed E-state index contributed by atoms with van der Waals surface area (Å²) in [7, 11) is -3.58. The maximum atomic E-state index is 13.0. The van der Waals surface area contributed by atoms with E-state index in [0.717, 1.165) is 24.0 Å². The van der Waals surface area contributed by atoms with Crippen LogP contribution >= 0.6 is 11.6 Å². The fourth-order valence-electron chi connectivity index (χ4n) is 3.34. The first-order chi connectivity index (χ1) is 13.4. The van der Waals surface area contributed by atoms with Crippen molar-refractivity contribution in [2.45, 2.75) is 30.6 Å². The molecule has 6 nitrogen and oxygen atoms in total. The molecule has 0 radical (unpaired) electrons. The Morgan fingerprint density at radius 2 is 1.82 bits per heavy atom. The van der Waals surface area contributed by atoms with Crippen molar-refractivity contribution in [2.75, 3.05) is 13.1 Å². The summed E-state index contributed by atoms with van der Waals surface area (Å²) in [5, 5.41) is 4.58. The standard InChI is InChI=1S/C20H20ClN3O3S/c1-14-4-6-15(7-5-14)19-22-20(27-23-19)16-3-2-12-24(13-16)28(25,26)18-10-8-17(21)9-11-18/h4-11,16H,2-3,12-13H2,1H3. The van der Waals surface area contributed by atoms with E-state index in [9.17, 15) is 8.42 Å². The van der Waals surface area contributed by atoms with E-state index in [1.54, 1.807) is 12.1 Å². The first kappa shape index (κ1) is 19.1. The van der Waals surface area contributed by atoms with Crippen LogP contribution in [0.25, 0.3) is 11.4 Å². The van der Waals surface area contributed by atoms with Gasteiger partial charge in [0, 0.05) is 23.7 Å². The zero-order valence-electron chi connectivity index (χ0n) is 15.4. The zero-order chi connectivity index (χ0) is 19.7. The van der Waals surface area contributed by atoms with Crippen LogP contribution < -0.4 is 0 Å². The summed E-state index contributed by atoms with van der Waals surface area (Å²) in [6, 6.07) is 14.1. The zero-order valence-corrected chi connectivity index (χ0v) is 16.9. The highest BCUT2D eigenvalue weighted by Crippen LogP contribution is 2.31. The third-order valence-corrected chi connectivity index (χ3v) is 7.07. The molecule has 3 aromatic rings. The summed E-state index contributed by atoms with van der Waals surface area (Å²) in [6.07, 6.45) is 1.54. The molecule has 0 aliphatic carbocycles. The minimum absolute atomic E-state index is 0.123. The molecule has 1 aliphatic rings.